The zero-order valence-corrected chi connectivity index (χ0v) is 19.1. The maximum atomic E-state index is 12.8. The molecule has 0 bridgehead atoms. The normalized spacial score (nSPS) is 12.9. The molecular weight excluding hydrogens is 462 g/mol. The van der Waals surface area contributed by atoms with E-state index in [0.29, 0.717) is 20.6 Å². The first-order valence-corrected chi connectivity index (χ1v) is 11.7. The number of amides is 1. The van der Waals surface area contributed by atoms with Crippen LogP contribution in [-0.4, -0.2) is 18.5 Å². The van der Waals surface area contributed by atoms with Gasteiger partial charge in [0.15, 0.2) is 0 Å². The van der Waals surface area contributed by atoms with E-state index in [-0.39, 0.29) is 12.5 Å². The number of nitrogens with one attached hydrogen (secondary N) is 1. The summed E-state index contributed by atoms with van der Waals surface area (Å²) in [5, 5.41) is 5.33. The number of halogens is 1. The first kappa shape index (κ1) is 20.8. The third kappa shape index (κ3) is 4.20. The highest BCUT2D eigenvalue weighted by Gasteiger charge is 2.24. The van der Waals surface area contributed by atoms with Crippen LogP contribution in [0.5, 0.6) is 0 Å². The van der Waals surface area contributed by atoms with Gasteiger partial charge in [0.25, 0.3) is 5.91 Å². The van der Waals surface area contributed by atoms with Crippen molar-refractivity contribution in [1.29, 1.82) is 0 Å². The molecule has 0 unspecified atom stereocenters. The molecule has 30 heavy (non-hydrogen) atoms. The Morgan fingerprint density at radius 1 is 1.10 bits per heavy atom. The first-order chi connectivity index (χ1) is 14.6. The minimum atomic E-state index is -0.422. The minimum Gasteiger partial charge on any atom is -0.462 e. The molecule has 1 N–H and O–H groups in total. The zero-order chi connectivity index (χ0) is 21.1. The number of hydrogen-bond acceptors (Lipinski definition) is 4. The Hall–Kier alpha value is -2.44. The summed E-state index contributed by atoms with van der Waals surface area (Å²) in [6.07, 6.45) is 4.59. The Morgan fingerprint density at radius 2 is 1.87 bits per heavy atom. The molecule has 1 heterocycles. The topological polar surface area (TPSA) is 55.4 Å². The molecule has 4 nitrogen and oxygen atoms in total. The fourth-order valence-corrected chi connectivity index (χ4v) is 5.20. The van der Waals surface area contributed by atoms with Gasteiger partial charge in [-0.25, -0.2) is 4.79 Å². The second kappa shape index (κ2) is 9.14. The number of carbonyl (C=O) groups is 2. The van der Waals surface area contributed by atoms with E-state index < -0.39 is 5.97 Å². The Bertz CT molecular complexity index is 1110. The standard InChI is InChI=1S/C24H22BrNO3S/c1-2-29-24(28)21-19(17-12-11-15-7-3-4-8-16(15)13-17)14-30-23(21)26-22(27)18-9-5-6-10-20(18)25/h5-6,9-14H,2-4,7-8H2,1H3,(H,26,27). The Labute approximate surface area is 188 Å². The minimum absolute atomic E-state index is 0.271. The molecule has 1 amide bonds. The van der Waals surface area contributed by atoms with Gasteiger partial charge in [0.05, 0.1) is 12.2 Å². The summed E-state index contributed by atoms with van der Waals surface area (Å²) in [7, 11) is 0. The molecule has 0 aliphatic heterocycles. The largest absolute Gasteiger partial charge is 0.462 e. The quantitative estimate of drug-likeness (QED) is 0.422. The van der Waals surface area contributed by atoms with E-state index in [1.165, 1.54) is 35.3 Å². The summed E-state index contributed by atoms with van der Waals surface area (Å²) in [5.41, 5.74) is 5.44. The van der Waals surface area contributed by atoms with Crippen molar-refractivity contribution in [3.63, 3.8) is 0 Å². The van der Waals surface area contributed by atoms with Crippen molar-refractivity contribution in [3.8, 4) is 11.1 Å². The molecule has 1 aliphatic rings. The van der Waals surface area contributed by atoms with Crippen LogP contribution in [0.25, 0.3) is 11.1 Å². The summed E-state index contributed by atoms with van der Waals surface area (Å²) >= 11 is 4.75. The summed E-state index contributed by atoms with van der Waals surface area (Å²) in [6, 6.07) is 13.6. The van der Waals surface area contributed by atoms with Crippen molar-refractivity contribution < 1.29 is 14.3 Å². The highest BCUT2D eigenvalue weighted by molar-refractivity contribution is 9.10. The molecule has 1 aromatic heterocycles. The van der Waals surface area contributed by atoms with Crippen LogP contribution in [0, 0.1) is 0 Å². The SMILES string of the molecule is CCOC(=O)c1c(-c2ccc3c(c2)CCCC3)csc1NC(=O)c1ccccc1Br. The highest BCUT2D eigenvalue weighted by Crippen LogP contribution is 2.38. The van der Waals surface area contributed by atoms with Gasteiger partial charge in [-0.05, 0) is 77.4 Å². The zero-order valence-electron chi connectivity index (χ0n) is 16.7. The van der Waals surface area contributed by atoms with Crippen molar-refractivity contribution in [1.82, 2.24) is 0 Å². The third-order valence-corrected chi connectivity index (χ3v) is 6.86. The van der Waals surface area contributed by atoms with Crippen LogP contribution in [0.2, 0.25) is 0 Å². The number of thiophene rings is 1. The monoisotopic (exact) mass is 483 g/mol. The van der Waals surface area contributed by atoms with Gasteiger partial charge in [0.2, 0.25) is 0 Å². The first-order valence-electron chi connectivity index (χ1n) is 10.0. The molecule has 0 atom stereocenters. The lowest BCUT2D eigenvalue weighted by molar-refractivity contribution is 0.0529. The second-order valence-electron chi connectivity index (χ2n) is 7.20. The molecule has 6 heteroatoms. The fourth-order valence-electron chi connectivity index (χ4n) is 3.79. The van der Waals surface area contributed by atoms with Crippen LogP contribution in [0.3, 0.4) is 0 Å². The van der Waals surface area contributed by atoms with Gasteiger partial charge in [-0.2, -0.15) is 0 Å². The molecule has 154 valence electrons. The van der Waals surface area contributed by atoms with E-state index in [0.717, 1.165) is 24.0 Å². The molecule has 0 spiro atoms. The van der Waals surface area contributed by atoms with Gasteiger partial charge >= 0.3 is 5.97 Å². The van der Waals surface area contributed by atoms with E-state index in [1.54, 1.807) is 19.1 Å². The number of esters is 1. The number of hydrogen-bond donors (Lipinski definition) is 1. The van der Waals surface area contributed by atoms with E-state index in [9.17, 15) is 9.59 Å². The maximum Gasteiger partial charge on any atom is 0.341 e. The van der Waals surface area contributed by atoms with Crippen LogP contribution in [0.4, 0.5) is 5.00 Å². The van der Waals surface area contributed by atoms with Gasteiger partial charge in [-0.15, -0.1) is 11.3 Å². The molecule has 1 aliphatic carbocycles. The molecule has 4 rings (SSSR count). The molecule has 0 radical (unpaired) electrons. The number of carbonyl (C=O) groups excluding carboxylic acids is 2. The van der Waals surface area contributed by atoms with E-state index in [4.69, 9.17) is 4.74 Å². The van der Waals surface area contributed by atoms with Crippen LogP contribution in [0.15, 0.2) is 52.3 Å². The summed E-state index contributed by atoms with van der Waals surface area (Å²) in [6.45, 7) is 2.05. The van der Waals surface area contributed by atoms with Crippen molar-refractivity contribution in [2.75, 3.05) is 11.9 Å². The second-order valence-corrected chi connectivity index (χ2v) is 8.93. The van der Waals surface area contributed by atoms with Crippen molar-refractivity contribution in [2.24, 2.45) is 0 Å². The van der Waals surface area contributed by atoms with Crippen molar-refractivity contribution >= 4 is 44.1 Å². The third-order valence-electron chi connectivity index (χ3n) is 5.28. The Balaban J connectivity index is 1.72. The molecular formula is C24H22BrNO3S. The summed E-state index contributed by atoms with van der Waals surface area (Å²) in [5.74, 6) is -0.694. The van der Waals surface area contributed by atoms with Gasteiger partial charge in [-0.1, -0.05) is 30.3 Å². The van der Waals surface area contributed by atoms with Gasteiger partial charge in [0, 0.05) is 15.4 Å². The molecule has 3 aromatic rings. The number of anilines is 1. The number of aryl methyl sites for hydroxylation is 2. The summed E-state index contributed by atoms with van der Waals surface area (Å²) in [4.78, 5) is 25.6. The molecule has 2 aromatic carbocycles. The van der Waals surface area contributed by atoms with E-state index in [2.05, 4.69) is 39.4 Å². The average Bonchev–Trinajstić information content (AvgIpc) is 3.17. The lowest BCUT2D eigenvalue weighted by Crippen LogP contribution is -2.15. The van der Waals surface area contributed by atoms with Crippen LogP contribution in [0.1, 0.15) is 51.6 Å². The summed E-state index contributed by atoms with van der Waals surface area (Å²) < 4.78 is 6.02. The number of fused-ring (bicyclic) bond motifs is 1. The molecule has 0 saturated carbocycles. The lowest BCUT2D eigenvalue weighted by Gasteiger charge is -2.17. The van der Waals surface area contributed by atoms with Gasteiger partial charge < -0.3 is 10.1 Å². The lowest BCUT2D eigenvalue weighted by atomic mass is 9.89. The number of ether oxygens (including phenoxy) is 1. The fraction of sp³-hybridized carbons (Fsp3) is 0.250. The predicted molar refractivity (Wildman–Crippen MR) is 124 cm³/mol. The molecule has 0 saturated heterocycles. The van der Waals surface area contributed by atoms with E-state index in [1.807, 2.05) is 17.5 Å². The predicted octanol–water partition coefficient (Wildman–Crippen LogP) is 6.49. The van der Waals surface area contributed by atoms with Gasteiger partial charge in [-0.3, -0.25) is 4.79 Å². The van der Waals surface area contributed by atoms with Crippen LogP contribution >= 0.6 is 27.3 Å². The highest BCUT2D eigenvalue weighted by atomic mass is 79.9. The van der Waals surface area contributed by atoms with Crippen molar-refractivity contribution in [2.45, 2.75) is 32.6 Å². The van der Waals surface area contributed by atoms with Crippen molar-refractivity contribution in [3.05, 3.63) is 74.6 Å². The number of benzene rings is 2. The Morgan fingerprint density at radius 3 is 2.63 bits per heavy atom. The van der Waals surface area contributed by atoms with Gasteiger partial charge in [0.1, 0.15) is 10.6 Å². The van der Waals surface area contributed by atoms with Crippen LogP contribution in [-0.2, 0) is 17.6 Å². The molecule has 0 fully saturated rings. The smallest absolute Gasteiger partial charge is 0.341 e. The van der Waals surface area contributed by atoms with Crippen LogP contribution < -0.4 is 5.32 Å². The number of rotatable bonds is 5. The Kier molecular flexibility index (Phi) is 6.35. The van der Waals surface area contributed by atoms with E-state index >= 15 is 0 Å². The average molecular weight is 484 g/mol. The maximum absolute atomic E-state index is 12.8.